The molecule has 0 unspecified atom stereocenters. The summed E-state index contributed by atoms with van der Waals surface area (Å²) in [6.45, 7) is 3.27. The van der Waals surface area contributed by atoms with Gasteiger partial charge < -0.3 is 19.9 Å². The lowest BCUT2D eigenvalue weighted by molar-refractivity contribution is -0.131. The largest absolute Gasteiger partial charge is 0.450 e. The Morgan fingerprint density at radius 1 is 1.11 bits per heavy atom. The fraction of sp³-hybridized carbons (Fsp3) is 0.471. The Bertz CT molecular complexity index is 816. The van der Waals surface area contributed by atoms with Gasteiger partial charge >= 0.3 is 6.09 Å². The van der Waals surface area contributed by atoms with E-state index in [2.05, 4.69) is 5.32 Å². The topological polar surface area (TPSA) is 113 Å². The van der Waals surface area contributed by atoms with E-state index >= 15 is 0 Å². The molecule has 0 radical (unpaired) electrons. The van der Waals surface area contributed by atoms with Gasteiger partial charge in [-0.15, -0.1) is 0 Å². The average Bonchev–Trinajstić information content (AvgIpc) is 2.65. The molecule has 148 valence electrons. The van der Waals surface area contributed by atoms with Crippen molar-refractivity contribution < 1.29 is 27.5 Å². The average molecular weight is 397 g/mol. The molecule has 10 heteroatoms. The van der Waals surface area contributed by atoms with Crippen LogP contribution in [-0.4, -0.2) is 81.7 Å². The van der Waals surface area contributed by atoms with Crippen LogP contribution in [0.3, 0.4) is 0 Å². The quantitative estimate of drug-likeness (QED) is 0.755. The molecular weight excluding hydrogens is 374 g/mol. The number of nitrogens with one attached hydrogen (secondary N) is 1. The van der Waals surface area contributed by atoms with E-state index in [-0.39, 0.29) is 22.9 Å². The van der Waals surface area contributed by atoms with Crippen LogP contribution in [0.2, 0.25) is 0 Å². The Labute approximate surface area is 158 Å². The fourth-order valence-corrected chi connectivity index (χ4v) is 3.26. The second-order valence-electron chi connectivity index (χ2n) is 6.05. The normalized spacial score (nSPS) is 14.6. The van der Waals surface area contributed by atoms with E-state index in [1.807, 2.05) is 0 Å². The fourth-order valence-electron chi connectivity index (χ4n) is 2.59. The summed E-state index contributed by atoms with van der Waals surface area (Å²) in [5.41, 5.74) is 0.165. The Morgan fingerprint density at radius 2 is 1.74 bits per heavy atom. The van der Waals surface area contributed by atoms with E-state index in [9.17, 15) is 22.8 Å². The number of carbonyl (C=O) groups excluding carboxylic acids is 3. The first-order chi connectivity index (χ1) is 12.7. The third kappa shape index (κ3) is 5.68. The Balaban J connectivity index is 1.86. The van der Waals surface area contributed by atoms with Gasteiger partial charge in [-0.3, -0.25) is 9.59 Å². The summed E-state index contributed by atoms with van der Waals surface area (Å²) in [4.78, 5) is 39.2. The van der Waals surface area contributed by atoms with Crippen molar-refractivity contribution in [1.82, 2.24) is 15.1 Å². The Kier molecular flexibility index (Phi) is 6.78. The van der Waals surface area contributed by atoms with Gasteiger partial charge in [0, 0.05) is 38.0 Å². The third-order valence-electron chi connectivity index (χ3n) is 4.08. The lowest BCUT2D eigenvalue weighted by Crippen LogP contribution is -2.52. The molecule has 1 aliphatic heterocycles. The van der Waals surface area contributed by atoms with Crippen molar-refractivity contribution in [2.45, 2.75) is 11.8 Å². The minimum Gasteiger partial charge on any atom is -0.450 e. The lowest BCUT2D eigenvalue weighted by atomic mass is 10.2. The van der Waals surface area contributed by atoms with E-state index in [1.54, 1.807) is 11.8 Å². The number of piperazine rings is 1. The zero-order valence-corrected chi connectivity index (χ0v) is 16.1. The molecule has 1 fully saturated rings. The second kappa shape index (κ2) is 8.85. The third-order valence-corrected chi connectivity index (χ3v) is 5.19. The van der Waals surface area contributed by atoms with Crippen molar-refractivity contribution in [1.29, 1.82) is 0 Å². The molecule has 1 saturated heterocycles. The van der Waals surface area contributed by atoms with Crippen LogP contribution in [0.15, 0.2) is 29.2 Å². The van der Waals surface area contributed by atoms with Crippen LogP contribution in [-0.2, 0) is 19.4 Å². The van der Waals surface area contributed by atoms with Crippen molar-refractivity contribution in [3.63, 3.8) is 0 Å². The Morgan fingerprint density at radius 3 is 2.33 bits per heavy atom. The smallest absolute Gasteiger partial charge is 0.409 e. The SMILES string of the molecule is CCOC(=O)N1CCN(C(=O)CNC(=O)c2cccc(S(C)(=O)=O)c2)CC1. The summed E-state index contributed by atoms with van der Waals surface area (Å²) in [7, 11) is -3.42. The molecule has 1 aromatic carbocycles. The van der Waals surface area contributed by atoms with Gasteiger partial charge in [0.25, 0.3) is 5.91 Å². The van der Waals surface area contributed by atoms with Crippen molar-refractivity contribution in [2.24, 2.45) is 0 Å². The molecule has 0 bridgehead atoms. The van der Waals surface area contributed by atoms with Gasteiger partial charge in [0.05, 0.1) is 18.0 Å². The number of amides is 3. The van der Waals surface area contributed by atoms with Gasteiger partial charge in [-0.05, 0) is 25.1 Å². The number of hydrogen-bond donors (Lipinski definition) is 1. The van der Waals surface area contributed by atoms with Crippen LogP contribution >= 0.6 is 0 Å². The van der Waals surface area contributed by atoms with Crippen molar-refractivity contribution in [3.8, 4) is 0 Å². The molecule has 1 aromatic rings. The first-order valence-electron chi connectivity index (χ1n) is 8.50. The molecule has 2 rings (SSSR count). The molecule has 27 heavy (non-hydrogen) atoms. The van der Waals surface area contributed by atoms with Crippen LogP contribution in [0, 0.1) is 0 Å². The van der Waals surface area contributed by atoms with Gasteiger partial charge in [0.1, 0.15) is 0 Å². The molecule has 1 heterocycles. The molecule has 0 saturated carbocycles. The number of nitrogens with zero attached hydrogens (tertiary/aromatic N) is 2. The van der Waals surface area contributed by atoms with Crippen molar-refractivity contribution in [2.75, 3.05) is 45.6 Å². The highest BCUT2D eigenvalue weighted by Crippen LogP contribution is 2.11. The maximum Gasteiger partial charge on any atom is 0.409 e. The first kappa shape index (κ1) is 20.7. The molecular formula is C17H23N3O6S. The minimum atomic E-state index is -3.42. The highest BCUT2D eigenvalue weighted by Gasteiger charge is 2.25. The molecule has 0 spiro atoms. The van der Waals surface area contributed by atoms with Gasteiger partial charge in [-0.25, -0.2) is 13.2 Å². The summed E-state index contributed by atoms with van der Waals surface area (Å²) < 4.78 is 28.1. The molecule has 9 nitrogen and oxygen atoms in total. The summed E-state index contributed by atoms with van der Waals surface area (Å²) in [6.07, 6.45) is 0.660. The highest BCUT2D eigenvalue weighted by atomic mass is 32.2. The van der Waals surface area contributed by atoms with Crippen LogP contribution in [0.25, 0.3) is 0 Å². The number of carbonyl (C=O) groups is 3. The summed E-state index contributed by atoms with van der Waals surface area (Å²) in [5.74, 6) is -0.801. The summed E-state index contributed by atoms with van der Waals surface area (Å²) in [5, 5.41) is 2.50. The van der Waals surface area contributed by atoms with Gasteiger partial charge in [-0.2, -0.15) is 0 Å². The van der Waals surface area contributed by atoms with Crippen molar-refractivity contribution in [3.05, 3.63) is 29.8 Å². The molecule has 3 amide bonds. The van der Waals surface area contributed by atoms with Gasteiger partial charge in [0.15, 0.2) is 9.84 Å². The number of ether oxygens (including phenoxy) is 1. The van der Waals surface area contributed by atoms with Gasteiger partial charge in [-0.1, -0.05) is 6.07 Å². The van der Waals surface area contributed by atoms with Crippen LogP contribution < -0.4 is 5.32 Å². The van der Waals surface area contributed by atoms with E-state index in [1.165, 1.54) is 29.2 Å². The Hall–Kier alpha value is -2.62. The van der Waals surface area contributed by atoms with E-state index in [4.69, 9.17) is 4.74 Å². The lowest BCUT2D eigenvalue weighted by Gasteiger charge is -2.34. The maximum atomic E-state index is 12.2. The monoisotopic (exact) mass is 397 g/mol. The summed E-state index contributed by atoms with van der Waals surface area (Å²) in [6, 6.07) is 5.63. The highest BCUT2D eigenvalue weighted by molar-refractivity contribution is 7.90. The van der Waals surface area contributed by atoms with E-state index < -0.39 is 21.8 Å². The first-order valence-corrected chi connectivity index (χ1v) is 10.4. The second-order valence-corrected chi connectivity index (χ2v) is 8.07. The molecule has 0 atom stereocenters. The summed E-state index contributed by atoms with van der Waals surface area (Å²) >= 11 is 0. The molecule has 1 aliphatic rings. The number of sulfone groups is 1. The molecule has 1 N–H and O–H groups in total. The minimum absolute atomic E-state index is 0.0385. The zero-order chi connectivity index (χ0) is 20.0. The molecule has 0 aliphatic carbocycles. The maximum absolute atomic E-state index is 12.2. The van der Waals surface area contributed by atoms with E-state index in [0.29, 0.717) is 32.8 Å². The van der Waals surface area contributed by atoms with E-state index in [0.717, 1.165) is 6.26 Å². The van der Waals surface area contributed by atoms with Gasteiger partial charge in [0.2, 0.25) is 5.91 Å². The predicted octanol–water partition coefficient (Wildman–Crippen LogP) is 0.121. The van der Waals surface area contributed by atoms with Crippen LogP contribution in [0.4, 0.5) is 4.79 Å². The number of rotatable bonds is 5. The molecule has 0 aromatic heterocycles. The predicted molar refractivity (Wildman–Crippen MR) is 97.1 cm³/mol. The zero-order valence-electron chi connectivity index (χ0n) is 15.3. The number of benzene rings is 1. The van der Waals surface area contributed by atoms with Crippen LogP contribution in [0.1, 0.15) is 17.3 Å². The standard InChI is InChI=1S/C17H23N3O6S/c1-3-26-17(23)20-9-7-19(8-10-20)15(21)12-18-16(22)13-5-4-6-14(11-13)27(2,24)25/h4-6,11H,3,7-10,12H2,1-2H3,(H,18,22). The van der Waals surface area contributed by atoms with Crippen LogP contribution in [0.5, 0.6) is 0 Å². The van der Waals surface area contributed by atoms with Crippen molar-refractivity contribution >= 4 is 27.7 Å². The number of hydrogen-bond acceptors (Lipinski definition) is 6.